The molecule has 0 spiro atoms. The van der Waals surface area contributed by atoms with Gasteiger partial charge < -0.3 is 16.2 Å². The van der Waals surface area contributed by atoms with Crippen LogP contribution < -0.4 is 11.1 Å². The number of nitrogens with one attached hydrogen (secondary N) is 1. The maximum absolute atomic E-state index is 11.8. The number of phenolic OH excluding ortho intramolecular Hbond substituents is 1. The van der Waals surface area contributed by atoms with Crippen LogP contribution in [0.25, 0.3) is 0 Å². The predicted octanol–water partition coefficient (Wildman–Crippen LogP) is 1.38. The fourth-order valence-corrected chi connectivity index (χ4v) is 1.61. The molecule has 0 heterocycles. The van der Waals surface area contributed by atoms with E-state index in [4.69, 9.17) is 5.73 Å². The van der Waals surface area contributed by atoms with Crippen molar-refractivity contribution in [1.29, 1.82) is 0 Å². The fraction of sp³-hybridized carbons (Fsp3) is 0.462. The van der Waals surface area contributed by atoms with Crippen molar-refractivity contribution in [3.63, 3.8) is 0 Å². The predicted molar refractivity (Wildman–Crippen MR) is 68.2 cm³/mol. The average Bonchev–Trinajstić information content (AvgIpc) is 2.24. The first kappa shape index (κ1) is 13.5. The van der Waals surface area contributed by atoms with Gasteiger partial charge in [0.2, 0.25) is 0 Å². The number of carbonyl (C=O) groups is 1. The Morgan fingerprint density at radius 3 is 2.59 bits per heavy atom. The summed E-state index contributed by atoms with van der Waals surface area (Å²) in [6.07, 6.45) is 0. The molecule has 94 valence electrons. The molecule has 0 aliphatic heterocycles. The van der Waals surface area contributed by atoms with Gasteiger partial charge >= 0.3 is 0 Å². The third kappa shape index (κ3) is 3.20. The lowest BCUT2D eigenvalue weighted by Gasteiger charge is -2.21. The number of carbonyl (C=O) groups excluding carboxylic acids is 1. The van der Waals surface area contributed by atoms with Crippen molar-refractivity contribution in [1.82, 2.24) is 5.32 Å². The quantitative estimate of drug-likeness (QED) is 0.742. The SMILES string of the molecule is CC(C)(C)c1cccc(C(=O)NCCN)c1O. The minimum atomic E-state index is -0.293. The number of hydrogen-bond donors (Lipinski definition) is 3. The van der Waals surface area contributed by atoms with Gasteiger partial charge in [0.25, 0.3) is 5.91 Å². The van der Waals surface area contributed by atoms with Gasteiger partial charge in [-0.1, -0.05) is 32.9 Å². The summed E-state index contributed by atoms with van der Waals surface area (Å²) in [5.74, 6) is -0.242. The zero-order valence-electron chi connectivity index (χ0n) is 10.6. The van der Waals surface area contributed by atoms with Crippen molar-refractivity contribution >= 4 is 5.91 Å². The molecule has 0 radical (unpaired) electrons. The van der Waals surface area contributed by atoms with E-state index in [-0.39, 0.29) is 17.1 Å². The zero-order valence-corrected chi connectivity index (χ0v) is 10.6. The molecule has 0 atom stereocenters. The smallest absolute Gasteiger partial charge is 0.255 e. The van der Waals surface area contributed by atoms with Gasteiger partial charge in [-0.25, -0.2) is 0 Å². The topological polar surface area (TPSA) is 75.4 Å². The Morgan fingerprint density at radius 1 is 1.41 bits per heavy atom. The number of benzene rings is 1. The Bertz CT molecular complexity index is 408. The maximum atomic E-state index is 11.8. The molecule has 0 aromatic heterocycles. The highest BCUT2D eigenvalue weighted by atomic mass is 16.3. The second-order valence-corrected chi connectivity index (χ2v) is 5.00. The summed E-state index contributed by atoms with van der Waals surface area (Å²) < 4.78 is 0. The highest BCUT2D eigenvalue weighted by Crippen LogP contribution is 2.32. The summed E-state index contributed by atoms with van der Waals surface area (Å²) in [6.45, 7) is 6.75. The molecule has 0 bridgehead atoms. The molecule has 1 aromatic carbocycles. The van der Waals surface area contributed by atoms with E-state index in [2.05, 4.69) is 5.32 Å². The van der Waals surface area contributed by atoms with Crippen LogP contribution >= 0.6 is 0 Å². The molecule has 0 unspecified atom stereocenters. The van der Waals surface area contributed by atoms with E-state index in [1.807, 2.05) is 26.8 Å². The monoisotopic (exact) mass is 236 g/mol. The summed E-state index contributed by atoms with van der Waals surface area (Å²) in [6, 6.07) is 5.21. The van der Waals surface area contributed by atoms with E-state index in [0.717, 1.165) is 5.56 Å². The Labute approximate surface area is 102 Å². The van der Waals surface area contributed by atoms with Gasteiger partial charge in [-0.2, -0.15) is 0 Å². The van der Waals surface area contributed by atoms with Gasteiger partial charge in [0.1, 0.15) is 5.75 Å². The summed E-state index contributed by atoms with van der Waals surface area (Å²) in [7, 11) is 0. The van der Waals surface area contributed by atoms with E-state index >= 15 is 0 Å². The van der Waals surface area contributed by atoms with E-state index in [1.54, 1.807) is 12.1 Å². The van der Waals surface area contributed by atoms with Gasteiger partial charge in [-0.15, -0.1) is 0 Å². The summed E-state index contributed by atoms with van der Waals surface area (Å²) in [5, 5.41) is 12.7. The lowest BCUT2D eigenvalue weighted by atomic mass is 9.85. The third-order valence-corrected chi connectivity index (χ3v) is 2.52. The third-order valence-electron chi connectivity index (χ3n) is 2.52. The van der Waals surface area contributed by atoms with Crippen molar-refractivity contribution in [2.75, 3.05) is 13.1 Å². The largest absolute Gasteiger partial charge is 0.507 e. The number of amides is 1. The molecule has 0 aliphatic rings. The van der Waals surface area contributed by atoms with Crippen LogP contribution in [0.1, 0.15) is 36.7 Å². The summed E-state index contributed by atoms with van der Waals surface area (Å²) in [5.41, 5.74) is 6.17. The number of rotatable bonds is 3. The zero-order chi connectivity index (χ0) is 13.1. The Kier molecular flexibility index (Phi) is 4.12. The molecule has 4 N–H and O–H groups in total. The molecule has 0 saturated carbocycles. The van der Waals surface area contributed by atoms with Crippen molar-refractivity contribution in [3.05, 3.63) is 29.3 Å². The van der Waals surface area contributed by atoms with Crippen molar-refractivity contribution < 1.29 is 9.90 Å². The molecule has 1 rings (SSSR count). The van der Waals surface area contributed by atoms with Crippen molar-refractivity contribution in [2.45, 2.75) is 26.2 Å². The molecule has 4 heteroatoms. The molecule has 0 aliphatic carbocycles. The molecule has 0 saturated heterocycles. The Morgan fingerprint density at radius 2 is 2.06 bits per heavy atom. The molecule has 17 heavy (non-hydrogen) atoms. The standard InChI is InChI=1S/C13H20N2O2/c1-13(2,3)10-6-4-5-9(11(10)16)12(17)15-8-7-14/h4-6,16H,7-8,14H2,1-3H3,(H,15,17). The number of aromatic hydroxyl groups is 1. The first-order valence-corrected chi connectivity index (χ1v) is 5.68. The second-order valence-electron chi connectivity index (χ2n) is 5.00. The number of phenols is 1. The molecular weight excluding hydrogens is 216 g/mol. The van der Waals surface area contributed by atoms with E-state index < -0.39 is 0 Å². The molecule has 0 fully saturated rings. The van der Waals surface area contributed by atoms with Crippen molar-refractivity contribution in [2.24, 2.45) is 5.73 Å². The van der Waals surface area contributed by atoms with Crippen LogP contribution in [0.15, 0.2) is 18.2 Å². The number of hydrogen-bond acceptors (Lipinski definition) is 3. The fourth-order valence-electron chi connectivity index (χ4n) is 1.61. The first-order chi connectivity index (χ1) is 7.88. The molecule has 4 nitrogen and oxygen atoms in total. The highest BCUT2D eigenvalue weighted by molar-refractivity contribution is 5.97. The number of nitrogens with two attached hydrogens (primary N) is 1. The summed E-state index contributed by atoms with van der Waals surface area (Å²) >= 11 is 0. The lowest BCUT2D eigenvalue weighted by Crippen LogP contribution is -2.29. The Balaban J connectivity index is 3.06. The van der Waals surface area contributed by atoms with Gasteiger partial charge in [0, 0.05) is 18.7 Å². The van der Waals surface area contributed by atoms with Crippen LogP contribution in [0.3, 0.4) is 0 Å². The van der Waals surface area contributed by atoms with Gasteiger partial charge in [-0.3, -0.25) is 4.79 Å². The van der Waals surface area contributed by atoms with Crippen LogP contribution in [-0.4, -0.2) is 24.1 Å². The maximum Gasteiger partial charge on any atom is 0.255 e. The average molecular weight is 236 g/mol. The second kappa shape index (κ2) is 5.19. The van der Waals surface area contributed by atoms with Crippen LogP contribution in [0.5, 0.6) is 5.75 Å². The van der Waals surface area contributed by atoms with E-state index in [9.17, 15) is 9.90 Å². The highest BCUT2D eigenvalue weighted by Gasteiger charge is 2.21. The van der Waals surface area contributed by atoms with Gasteiger partial charge in [0.15, 0.2) is 0 Å². The summed E-state index contributed by atoms with van der Waals surface area (Å²) in [4.78, 5) is 11.8. The van der Waals surface area contributed by atoms with E-state index in [0.29, 0.717) is 18.7 Å². The van der Waals surface area contributed by atoms with Crippen LogP contribution in [0, 0.1) is 0 Å². The minimum Gasteiger partial charge on any atom is -0.507 e. The molecular formula is C13H20N2O2. The van der Waals surface area contributed by atoms with Crippen LogP contribution in [0.2, 0.25) is 0 Å². The number of para-hydroxylation sites is 1. The van der Waals surface area contributed by atoms with Crippen LogP contribution in [-0.2, 0) is 5.41 Å². The van der Waals surface area contributed by atoms with E-state index in [1.165, 1.54) is 0 Å². The van der Waals surface area contributed by atoms with Crippen LogP contribution in [0.4, 0.5) is 0 Å². The first-order valence-electron chi connectivity index (χ1n) is 5.68. The van der Waals surface area contributed by atoms with Gasteiger partial charge in [0.05, 0.1) is 5.56 Å². The van der Waals surface area contributed by atoms with Crippen molar-refractivity contribution in [3.8, 4) is 5.75 Å². The minimum absolute atomic E-state index is 0.0505. The normalized spacial score (nSPS) is 11.3. The molecule has 1 aromatic rings. The lowest BCUT2D eigenvalue weighted by molar-refractivity contribution is 0.0952. The molecule has 1 amide bonds. The Hall–Kier alpha value is -1.55. The van der Waals surface area contributed by atoms with Gasteiger partial charge in [-0.05, 0) is 11.5 Å².